The number of aromatic amines is 1. The molecule has 0 aliphatic carbocycles. The molecule has 6 nitrogen and oxygen atoms in total. The van der Waals surface area contributed by atoms with Gasteiger partial charge in [-0.05, 0) is 84.0 Å². The van der Waals surface area contributed by atoms with Crippen molar-refractivity contribution in [2.24, 2.45) is 5.92 Å². The van der Waals surface area contributed by atoms with Gasteiger partial charge >= 0.3 is 0 Å². The number of likely N-dealkylation sites (tertiary alicyclic amines) is 1. The van der Waals surface area contributed by atoms with Gasteiger partial charge in [0.05, 0.1) is 5.69 Å². The molecule has 1 aliphatic rings. The lowest BCUT2D eigenvalue weighted by Gasteiger charge is -2.36. The first-order valence-corrected chi connectivity index (χ1v) is 10.0. The first-order valence-electron chi connectivity index (χ1n) is 10.0. The largest absolute Gasteiger partial charge is 0.374 e. The van der Waals surface area contributed by atoms with Crippen LogP contribution in [0.4, 0.5) is 5.82 Å². The Bertz CT molecular complexity index is 750. The molecule has 0 bridgehead atoms. The highest BCUT2D eigenvalue weighted by molar-refractivity contribution is 5.46. The number of H-pyrrole nitrogens is 1. The van der Waals surface area contributed by atoms with Crippen molar-refractivity contribution in [3.63, 3.8) is 0 Å². The van der Waals surface area contributed by atoms with Crippen LogP contribution in [-0.4, -0.2) is 44.5 Å². The molecule has 3 heterocycles. The van der Waals surface area contributed by atoms with Crippen molar-refractivity contribution in [1.82, 2.24) is 20.1 Å². The molecule has 1 unspecified atom stereocenters. The van der Waals surface area contributed by atoms with Crippen molar-refractivity contribution in [3.8, 4) is 0 Å². The molecule has 3 atom stereocenters. The Morgan fingerprint density at radius 1 is 1.26 bits per heavy atom. The molecule has 0 saturated carbocycles. The van der Waals surface area contributed by atoms with Gasteiger partial charge in [0.15, 0.2) is 5.82 Å². The molecule has 0 aromatic carbocycles. The summed E-state index contributed by atoms with van der Waals surface area (Å²) in [5.74, 6) is 1.41. The molecular formula is C21H33N5O. The molecule has 2 aromatic rings. The fourth-order valence-corrected chi connectivity index (χ4v) is 4.33. The van der Waals surface area contributed by atoms with E-state index in [4.69, 9.17) is 0 Å². The number of aromatic nitrogens is 3. The lowest BCUT2D eigenvalue weighted by atomic mass is 9.90. The van der Waals surface area contributed by atoms with Crippen molar-refractivity contribution in [2.75, 3.05) is 18.4 Å². The second-order valence-electron chi connectivity index (χ2n) is 8.07. The van der Waals surface area contributed by atoms with Gasteiger partial charge in [-0.1, -0.05) is 0 Å². The van der Waals surface area contributed by atoms with Crippen LogP contribution < -0.4 is 5.32 Å². The third kappa shape index (κ3) is 4.87. The number of aryl methyl sites for hydroxylation is 2. The summed E-state index contributed by atoms with van der Waals surface area (Å²) < 4.78 is 0. The van der Waals surface area contributed by atoms with Crippen molar-refractivity contribution in [2.45, 2.75) is 66.2 Å². The summed E-state index contributed by atoms with van der Waals surface area (Å²) in [6, 6.07) is 4.73. The summed E-state index contributed by atoms with van der Waals surface area (Å²) in [4.78, 5) is 7.05. The minimum atomic E-state index is -0.609. The fourth-order valence-electron chi connectivity index (χ4n) is 4.33. The molecular weight excluding hydrogens is 338 g/mol. The summed E-state index contributed by atoms with van der Waals surface area (Å²) in [7, 11) is 0. The molecule has 2 aromatic heterocycles. The molecule has 1 aliphatic heterocycles. The SMILES string of the molecule is Cc1cc(C[C@H]2CCCN([C@@H](C)c3[nH]nc(NC(C)O)c3C)C2)cc(C)n1. The first kappa shape index (κ1) is 19.8. The Balaban J connectivity index is 1.67. The van der Waals surface area contributed by atoms with E-state index >= 15 is 0 Å². The van der Waals surface area contributed by atoms with E-state index in [1.807, 2.05) is 0 Å². The van der Waals surface area contributed by atoms with Gasteiger partial charge in [-0.2, -0.15) is 5.10 Å². The highest BCUT2D eigenvalue weighted by Crippen LogP contribution is 2.31. The predicted octanol–water partition coefficient (Wildman–Crippen LogP) is 3.50. The number of nitrogens with zero attached hydrogens (tertiary/aromatic N) is 3. The molecule has 0 radical (unpaired) electrons. The topological polar surface area (TPSA) is 77.1 Å². The Hall–Kier alpha value is -1.92. The van der Waals surface area contributed by atoms with Gasteiger partial charge in [-0.3, -0.25) is 15.0 Å². The van der Waals surface area contributed by atoms with Gasteiger partial charge in [-0.15, -0.1) is 0 Å². The van der Waals surface area contributed by atoms with Crippen molar-refractivity contribution in [3.05, 3.63) is 40.3 Å². The highest BCUT2D eigenvalue weighted by Gasteiger charge is 2.27. The number of aliphatic hydroxyl groups excluding tert-OH is 1. The maximum absolute atomic E-state index is 9.56. The van der Waals surface area contributed by atoms with E-state index in [0.29, 0.717) is 5.92 Å². The van der Waals surface area contributed by atoms with E-state index in [1.165, 1.54) is 18.4 Å². The third-order valence-corrected chi connectivity index (χ3v) is 5.57. The second-order valence-corrected chi connectivity index (χ2v) is 8.07. The Labute approximate surface area is 162 Å². The van der Waals surface area contributed by atoms with Crippen LogP contribution >= 0.6 is 0 Å². The van der Waals surface area contributed by atoms with E-state index in [2.05, 4.69) is 65.2 Å². The molecule has 3 N–H and O–H groups in total. The van der Waals surface area contributed by atoms with Crippen LogP contribution in [0.3, 0.4) is 0 Å². The van der Waals surface area contributed by atoms with E-state index in [0.717, 1.165) is 48.0 Å². The minimum Gasteiger partial charge on any atom is -0.374 e. The average Bonchev–Trinajstić information content (AvgIpc) is 2.93. The van der Waals surface area contributed by atoms with Crippen molar-refractivity contribution in [1.29, 1.82) is 0 Å². The minimum absolute atomic E-state index is 0.283. The molecule has 27 heavy (non-hydrogen) atoms. The standard InChI is InChI=1S/C21H33N5O/c1-13-9-19(10-14(2)22-13)11-18-7-6-8-26(12-18)16(4)20-15(3)21(25-24-20)23-17(5)27/h9-10,16-18,27H,6-8,11-12H2,1-5H3,(H2,23,24,25)/t16-,17?,18+/m0/s1. The maximum Gasteiger partial charge on any atom is 0.153 e. The van der Waals surface area contributed by atoms with Gasteiger partial charge in [0.1, 0.15) is 6.23 Å². The molecule has 6 heteroatoms. The Morgan fingerprint density at radius 3 is 2.63 bits per heavy atom. The molecule has 1 saturated heterocycles. The van der Waals surface area contributed by atoms with E-state index < -0.39 is 6.23 Å². The van der Waals surface area contributed by atoms with Crippen LogP contribution in [0.25, 0.3) is 0 Å². The summed E-state index contributed by atoms with van der Waals surface area (Å²) in [5, 5.41) is 20.1. The van der Waals surface area contributed by atoms with Crippen molar-refractivity contribution >= 4 is 5.82 Å². The molecule has 148 valence electrons. The zero-order chi connectivity index (χ0) is 19.6. The van der Waals surface area contributed by atoms with Gasteiger partial charge < -0.3 is 10.4 Å². The first-order chi connectivity index (χ1) is 12.8. The average molecular weight is 372 g/mol. The zero-order valence-electron chi connectivity index (χ0n) is 17.2. The summed E-state index contributed by atoms with van der Waals surface area (Å²) >= 11 is 0. The number of hydrogen-bond donors (Lipinski definition) is 3. The van der Waals surface area contributed by atoms with Crippen LogP contribution in [0.5, 0.6) is 0 Å². The number of nitrogens with one attached hydrogen (secondary N) is 2. The lowest BCUT2D eigenvalue weighted by molar-refractivity contribution is 0.129. The Morgan fingerprint density at radius 2 is 1.96 bits per heavy atom. The number of piperidine rings is 1. The van der Waals surface area contributed by atoms with Crippen LogP contribution in [0.2, 0.25) is 0 Å². The van der Waals surface area contributed by atoms with Crippen LogP contribution in [0.1, 0.15) is 60.9 Å². The quantitative estimate of drug-likeness (QED) is 0.678. The lowest BCUT2D eigenvalue weighted by Crippen LogP contribution is -2.38. The van der Waals surface area contributed by atoms with E-state index in [-0.39, 0.29) is 6.04 Å². The zero-order valence-corrected chi connectivity index (χ0v) is 17.2. The van der Waals surface area contributed by atoms with E-state index in [1.54, 1.807) is 6.92 Å². The Kier molecular flexibility index (Phi) is 6.17. The van der Waals surface area contributed by atoms with E-state index in [9.17, 15) is 5.11 Å². The number of anilines is 1. The van der Waals surface area contributed by atoms with Crippen LogP contribution in [0.15, 0.2) is 12.1 Å². The second kappa shape index (κ2) is 8.40. The van der Waals surface area contributed by atoms with Gasteiger partial charge in [-0.25, -0.2) is 0 Å². The van der Waals surface area contributed by atoms with Gasteiger partial charge in [0, 0.05) is 29.5 Å². The molecule has 1 fully saturated rings. The van der Waals surface area contributed by atoms with Crippen LogP contribution in [-0.2, 0) is 6.42 Å². The summed E-state index contributed by atoms with van der Waals surface area (Å²) in [6.07, 6.45) is 3.01. The van der Waals surface area contributed by atoms with Gasteiger partial charge in [0.25, 0.3) is 0 Å². The third-order valence-electron chi connectivity index (χ3n) is 5.57. The molecule has 0 spiro atoms. The maximum atomic E-state index is 9.56. The highest BCUT2D eigenvalue weighted by atomic mass is 16.3. The van der Waals surface area contributed by atoms with Crippen LogP contribution in [0, 0.1) is 26.7 Å². The van der Waals surface area contributed by atoms with Crippen molar-refractivity contribution < 1.29 is 5.11 Å². The smallest absolute Gasteiger partial charge is 0.153 e. The normalized spacial score (nSPS) is 20.4. The summed E-state index contributed by atoms with van der Waals surface area (Å²) in [6.45, 7) is 12.4. The summed E-state index contributed by atoms with van der Waals surface area (Å²) in [5.41, 5.74) is 5.84. The fraction of sp³-hybridized carbons (Fsp3) is 0.619. The number of aliphatic hydroxyl groups is 1. The number of rotatable bonds is 6. The monoisotopic (exact) mass is 371 g/mol. The van der Waals surface area contributed by atoms with Gasteiger partial charge in [0.2, 0.25) is 0 Å². The molecule has 0 amide bonds. The molecule has 3 rings (SSSR count). The predicted molar refractivity (Wildman–Crippen MR) is 109 cm³/mol. The number of hydrogen-bond acceptors (Lipinski definition) is 5. The number of pyridine rings is 1.